The summed E-state index contributed by atoms with van der Waals surface area (Å²) in [5, 5.41) is 0. The first-order valence-corrected chi connectivity index (χ1v) is 9.15. The summed E-state index contributed by atoms with van der Waals surface area (Å²) in [6, 6.07) is 6.61. The molecule has 4 nitrogen and oxygen atoms in total. The van der Waals surface area contributed by atoms with Crippen molar-refractivity contribution in [3.63, 3.8) is 0 Å². The van der Waals surface area contributed by atoms with E-state index in [1.165, 1.54) is 0 Å². The molecule has 2 saturated carbocycles. The Bertz CT molecular complexity index is 610. The van der Waals surface area contributed by atoms with Crippen LogP contribution in [0.15, 0.2) is 29.2 Å². The highest BCUT2D eigenvalue weighted by Gasteiger charge is 2.29. The van der Waals surface area contributed by atoms with Crippen molar-refractivity contribution in [3.8, 4) is 0 Å². The summed E-state index contributed by atoms with van der Waals surface area (Å²) in [6.07, 6.45) is 4.55. The van der Waals surface area contributed by atoms with Crippen LogP contribution in [0, 0.1) is 11.8 Å². The smallest absolute Gasteiger partial charge is 0.310 e. The lowest BCUT2D eigenvalue weighted by Crippen LogP contribution is -2.11. The fraction of sp³-hybridized carbons (Fsp3) is 0.562. The highest BCUT2D eigenvalue weighted by atomic mass is 32.2. The molecule has 1 aromatic carbocycles. The zero-order valence-corrected chi connectivity index (χ0v) is 12.8. The summed E-state index contributed by atoms with van der Waals surface area (Å²) in [5.74, 6) is 0.905. The largest absolute Gasteiger partial charge is 0.465 e. The fourth-order valence-corrected chi connectivity index (χ4v) is 3.92. The van der Waals surface area contributed by atoms with Crippen molar-refractivity contribution in [2.75, 3.05) is 12.4 Å². The first-order chi connectivity index (χ1) is 10.0. The van der Waals surface area contributed by atoms with Gasteiger partial charge in [0.25, 0.3) is 0 Å². The maximum Gasteiger partial charge on any atom is 0.310 e. The summed E-state index contributed by atoms with van der Waals surface area (Å²) >= 11 is 0. The van der Waals surface area contributed by atoms with Crippen LogP contribution in [0.5, 0.6) is 0 Å². The van der Waals surface area contributed by atoms with E-state index in [4.69, 9.17) is 4.74 Å². The Morgan fingerprint density at radius 1 is 1.05 bits per heavy atom. The number of carbonyl (C=O) groups is 1. The van der Waals surface area contributed by atoms with Crippen LogP contribution in [-0.2, 0) is 25.8 Å². The van der Waals surface area contributed by atoms with E-state index in [1.54, 1.807) is 24.3 Å². The zero-order chi connectivity index (χ0) is 14.9. The molecule has 0 radical (unpaired) electrons. The normalized spacial score (nSPS) is 18.5. The molecule has 0 unspecified atom stereocenters. The number of sulfone groups is 1. The van der Waals surface area contributed by atoms with Crippen molar-refractivity contribution in [2.45, 2.75) is 37.0 Å². The Hall–Kier alpha value is -1.36. The van der Waals surface area contributed by atoms with Gasteiger partial charge >= 0.3 is 5.97 Å². The van der Waals surface area contributed by atoms with E-state index in [0.29, 0.717) is 23.3 Å². The average Bonchev–Trinajstić information content (AvgIpc) is 3.32. The number of benzene rings is 1. The summed E-state index contributed by atoms with van der Waals surface area (Å²) in [6.45, 7) is 0.521. The van der Waals surface area contributed by atoms with Crippen LogP contribution < -0.4 is 0 Å². The Morgan fingerprint density at radius 3 is 2.24 bits per heavy atom. The van der Waals surface area contributed by atoms with Crippen LogP contribution >= 0.6 is 0 Å². The lowest BCUT2D eigenvalue weighted by Gasteiger charge is -2.06. The maximum atomic E-state index is 12.1. The lowest BCUT2D eigenvalue weighted by molar-refractivity contribution is -0.143. The molecule has 0 spiro atoms. The van der Waals surface area contributed by atoms with Gasteiger partial charge in [-0.05, 0) is 55.2 Å². The molecule has 0 N–H and O–H groups in total. The third-order valence-electron chi connectivity index (χ3n) is 3.96. The van der Waals surface area contributed by atoms with Crippen molar-refractivity contribution in [2.24, 2.45) is 11.8 Å². The molecular formula is C16H20O4S. The van der Waals surface area contributed by atoms with E-state index in [2.05, 4.69) is 0 Å². The van der Waals surface area contributed by atoms with Crippen molar-refractivity contribution < 1.29 is 17.9 Å². The van der Waals surface area contributed by atoms with E-state index in [0.717, 1.165) is 31.2 Å². The number of ether oxygens (including phenoxy) is 1. The Labute approximate surface area is 125 Å². The molecule has 2 fully saturated rings. The Morgan fingerprint density at radius 2 is 1.67 bits per heavy atom. The standard InChI is InChI=1S/C16H20O4S/c17-16(20-10-13-1-2-13)9-12-5-7-15(8-6-12)21(18,19)11-14-3-4-14/h5-8,13-14H,1-4,9-11H2. The van der Waals surface area contributed by atoms with Gasteiger partial charge in [-0.1, -0.05) is 12.1 Å². The summed E-state index contributed by atoms with van der Waals surface area (Å²) in [4.78, 5) is 12.0. The van der Waals surface area contributed by atoms with Crippen molar-refractivity contribution in [3.05, 3.63) is 29.8 Å². The quantitative estimate of drug-likeness (QED) is 0.726. The minimum absolute atomic E-state index is 0.204. The molecule has 0 heterocycles. The molecule has 0 saturated heterocycles. The third kappa shape index (κ3) is 4.30. The predicted octanol–water partition coefficient (Wildman–Crippen LogP) is 2.37. The molecular weight excluding hydrogens is 288 g/mol. The van der Waals surface area contributed by atoms with Crippen molar-refractivity contribution in [1.29, 1.82) is 0 Å². The average molecular weight is 308 g/mol. The number of carbonyl (C=O) groups excluding carboxylic acids is 1. The SMILES string of the molecule is O=C(Cc1ccc(S(=O)(=O)CC2CC2)cc1)OCC1CC1. The molecule has 0 atom stereocenters. The topological polar surface area (TPSA) is 60.4 Å². The molecule has 3 rings (SSSR count). The second kappa shape index (κ2) is 5.79. The zero-order valence-electron chi connectivity index (χ0n) is 12.0. The molecule has 2 aliphatic carbocycles. The van der Waals surface area contributed by atoms with Crippen LogP contribution in [0.3, 0.4) is 0 Å². The summed E-state index contributed by atoms with van der Waals surface area (Å²) in [7, 11) is -3.17. The van der Waals surface area contributed by atoms with Gasteiger partial charge in [-0.15, -0.1) is 0 Å². The van der Waals surface area contributed by atoms with E-state index in [9.17, 15) is 13.2 Å². The number of rotatable bonds is 7. The first-order valence-electron chi connectivity index (χ1n) is 7.50. The Balaban J connectivity index is 1.56. The predicted molar refractivity (Wildman–Crippen MR) is 78.6 cm³/mol. The van der Waals surface area contributed by atoms with E-state index in [-0.39, 0.29) is 18.1 Å². The lowest BCUT2D eigenvalue weighted by atomic mass is 10.1. The summed E-state index contributed by atoms with van der Waals surface area (Å²) < 4.78 is 29.4. The van der Waals surface area contributed by atoms with E-state index < -0.39 is 9.84 Å². The van der Waals surface area contributed by atoms with Gasteiger partial charge in [-0.3, -0.25) is 4.79 Å². The van der Waals surface area contributed by atoms with E-state index >= 15 is 0 Å². The fourth-order valence-electron chi connectivity index (χ4n) is 2.22. The van der Waals surface area contributed by atoms with Gasteiger partial charge in [-0.25, -0.2) is 8.42 Å². The summed E-state index contributed by atoms with van der Waals surface area (Å²) in [5.41, 5.74) is 0.793. The molecule has 114 valence electrons. The third-order valence-corrected chi connectivity index (χ3v) is 5.86. The van der Waals surface area contributed by atoms with Crippen molar-refractivity contribution >= 4 is 15.8 Å². The minimum Gasteiger partial charge on any atom is -0.465 e. The first kappa shape index (κ1) is 14.6. The number of esters is 1. The van der Waals surface area contributed by atoms with Crippen LogP contribution in [0.1, 0.15) is 31.2 Å². The van der Waals surface area contributed by atoms with Gasteiger partial charge in [0.05, 0.1) is 23.7 Å². The van der Waals surface area contributed by atoms with Gasteiger partial charge in [0.15, 0.2) is 9.84 Å². The van der Waals surface area contributed by atoms with Crippen LogP contribution in [0.4, 0.5) is 0 Å². The van der Waals surface area contributed by atoms with Gasteiger partial charge in [0.1, 0.15) is 0 Å². The second-order valence-corrected chi connectivity index (χ2v) is 8.21. The highest BCUT2D eigenvalue weighted by molar-refractivity contribution is 7.91. The monoisotopic (exact) mass is 308 g/mol. The molecule has 1 aromatic rings. The minimum atomic E-state index is -3.17. The molecule has 0 bridgehead atoms. The molecule has 0 aliphatic heterocycles. The molecule has 5 heteroatoms. The van der Waals surface area contributed by atoms with Crippen LogP contribution in [0.25, 0.3) is 0 Å². The molecule has 21 heavy (non-hydrogen) atoms. The Kier molecular flexibility index (Phi) is 4.02. The van der Waals surface area contributed by atoms with Crippen molar-refractivity contribution in [1.82, 2.24) is 0 Å². The molecule has 0 amide bonds. The van der Waals surface area contributed by atoms with Gasteiger partial charge < -0.3 is 4.74 Å². The second-order valence-electron chi connectivity index (χ2n) is 6.17. The van der Waals surface area contributed by atoms with Gasteiger partial charge in [-0.2, -0.15) is 0 Å². The molecule has 0 aromatic heterocycles. The van der Waals surface area contributed by atoms with Gasteiger partial charge in [0, 0.05) is 0 Å². The van der Waals surface area contributed by atoms with Crippen LogP contribution in [-0.4, -0.2) is 26.7 Å². The van der Waals surface area contributed by atoms with Gasteiger partial charge in [0.2, 0.25) is 0 Å². The number of hydrogen-bond acceptors (Lipinski definition) is 4. The highest BCUT2D eigenvalue weighted by Crippen LogP contribution is 2.32. The molecule has 2 aliphatic rings. The van der Waals surface area contributed by atoms with Crippen LogP contribution in [0.2, 0.25) is 0 Å². The maximum absolute atomic E-state index is 12.1. The van der Waals surface area contributed by atoms with E-state index in [1.807, 2.05) is 0 Å². The number of hydrogen-bond donors (Lipinski definition) is 0.